The lowest BCUT2D eigenvalue weighted by molar-refractivity contribution is -0.127. The second kappa shape index (κ2) is 5.88. The van der Waals surface area contributed by atoms with Crippen LogP contribution in [0.4, 0.5) is 4.79 Å². The Bertz CT molecular complexity index is 763. The molecule has 0 radical (unpaired) electrons. The lowest BCUT2D eigenvalue weighted by Crippen LogP contribution is -2.42. The molecule has 0 aliphatic carbocycles. The number of amides is 3. The van der Waals surface area contributed by atoms with Gasteiger partial charge in [-0.25, -0.2) is 9.59 Å². The first-order valence-electron chi connectivity index (χ1n) is 6.69. The van der Waals surface area contributed by atoms with Gasteiger partial charge in [0.25, 0.3) is 5.91 Å². The maximum atomic E-state index is 12.1. The number of urea groups is 1. The van der Waals surface area contributed by atoms with Crippen LogP contribution in [0.2, 0.25) is 0 Å². The number of carbonyl (C=O) groups excluding carboxylic acids is 3. The zero-order valence-electron chi connectivity index (χ0n) is 12.5. The summed E-state index contributed by atoms with van der Waals surface area (Å²) in [5.41, 5.74) is 8.00. The monoisotopic (exact) mass is 303 g/mol. The minimum atomic E-state index is -1.13. The number of carbonyl (C=O) groups is 3. The number of aromatic nitrogens is 1. The van der Waals surface area contributed by atoms with Crippen molar-refractivity contribution in [2.75, 3.05) is 0 Å². The summed E-state index contributed by atoms with van der Waals surface area (Å²) < 4.78 is 5.01. The number of aryl methyl sites for hydroxylation is 2. The lowest BCUT2D eigenvalue weighted by atomic mass is 10.1. The Labute approximate surface area is 126 Å². The lowest BCUT2D eigenvalue weighted by Gasteiger charge is -2.10. The number of hydrogen-bond donors (Lipinski definition) is 3. The molecule has 0 aliphatic heterocycles. The number of rotatable bonds is 3. The molecule has 22 heavy (non-hydrogen) atoms. The summed E-state index contributed by atoms with van der Waals surface area (Å²) >= 11 is 0. The van der Waals surface area contributed by atoms with Crippen LogP contribution in [0.5, 0.6) is 0 Å². The Morgan fingerprint density at radius 1 is 1.23 bits per heavy atom. The molecule has 3 amide bonds. The second-order valence-electron chi connectivity index (χ2n) is 5.13. The van der Waals surface area contributed by atoms with Gasteiger partial charge in [-0.2, -0.15) is 0 Å². The Morgan fingerprint density at radius 3 is 2.55 bits per heavy atom. The number of hydrogen-bond acceptors (Lipinski definition) is 4. The van der Waals surface area contributed by atoms with Crippen molar-refractivity contribution in [3.8, 4) is 0 Å². The predicted octanol–water partition coefficient (Wildman–Crippen LogP) is 1.52. The van der Waals surface area contributed by atoms with Crippen molar-refractivity contribution in [3.63, 3.8) is 0 Å². The van der Waals surface area contributed by atoms with Gasteiger partial charge < -0.3 is 15.5 Å². The molecule has 0 saturated carbocycles. The van der Waals surface area contributed by atoms with E-state index in [4.69, 9.17) is 10.5 Å². The highest BCUT2D eigenvalue weighted by Gasteiger charge is 2.21. The average Bonchev–Trinajstić information content (AvgIpc) is 2.81. The van der Waals surface area contributed by atoms with E-state index in [0.717, 1.165) is 22.0 Å². The van der Waals surface area contributed by atoms with Gasteiger partial charge in [-0.1, -0.05) is 6.07 Å². The van der Waals surface area contributed by atoms with E-state index in [1.54, 1.807) is 6.07 Å². The molecular formula is C15H17N3O4. The molecule has 0 aliphatic rings. The number of benzene rings is 1. The first-order valence-corrected chi connectivity index (χ1v) is 6.69. The number of fused-ring (bicyclic) bond motifs is 1. The number of aromatic amines is 1. The molecule has 0 bridgehead atoms. The number of esters is 1. The highest BCUT2D eigenvalue weighted by Crippen LogP contribution is 2.22. The fourth-order valence-electron chi connectivity index (χ4n) is 2.21. The van der Waals surface area contributed by atoms with E-state index in [1.807, 2.05) is 31.3 Å². The van der Waals surface area contributed by atoms with Crippen LogP contribution >= 0.6 is 0 Å². The van der Waals surface area contributed by atoms with Crippen LogP contribution in [0.3, 0.4) is 0 Å². The van der Waals surface area contributed by atoms with Crippen LogP contribution in [0.1, 0.15) is 28.5 Å². The summed E-state index contributed by atoms with van der Waals surface area (Å²) in [5, 5.41) is 2.76. The van der Waals surface area contributed by atoms with E-state index < -0.39 is 24.0 Å². The molecule has 1 aromatic heterocycles. The minimum absolute atomic E-state index is 0.238. The van der Waals surface area contributed by atoms with Crippen LogP contribution in [0.15, 0.2) is 18.2 Å². The Hall–Kier alpha value is -2.83. The smallest absolute Gasteiger partial charge is 0.355 e. The molecule has 1 aromatic carbocycles. The summed E-state index contributed by atoms with van der Waals surface area (Å²) in [6.45, 7) is 5.26. The number of nitrogens with one attached hydrogen (secondary N) is 2. The third-order valence-corrected chi connectivity index (χ3v) is 3.21. The van der Waals surface area contributed by atoms with E-state index in [0.29, 0.717) is 0 Å². The second-order valence-corrected chi connectivity index (χ2v) is 5.13. The number of H-pyrrole nitrogens is 1. The Morgan fingerprint density at radius 2 is 1.91 bits per heavy atom. The molecule has 2 aromatic rings. The summed E-state index contributed by atoms with van der Waals surface area (Å²) in [7, 11) is 0. The number of nitrogens with two attached hydrogens (primary N) is 1. The first-order chi connectivity index (χ1) is 10.3. The topological polar surface area (TPSA) is 114 Å². The molecular weight excluding hydrogens is 286 g/mol. The molecule has 1 atom stereocenters. The molecule has 7 nitrogen and oxygen atoms in total. The van der Waals surface area contributed by atoms with E-state index in [1.165, 1.54) is 6.92 Å². The van der Waals surface area contributed by atoms with Gasteiger partial charge in [0.15, 0.2) is 6.10 Å². The molecule has 2 rings (SSSR count). The SMILES string of the molecule is Cc1cc(C)c2cc(C(=O)OC(C)C(=O)NC(N)=O)[nH]c2c1. The standard InChI is InChI=1S/C15H17N3O4/c1-7-4-8(2)10-6-12(17-11(10)5-7)14(20)22-9(3)13(19)18-15(16)21/h4-6,9,17H,1-3H3,(H3,16,18,19,21). The predicted molar refractivity (Wildman–Crippen MR) is 80.4 cm³/mol. The molecule has 1 unspecified atom stereocenters. The maximum absolute atomic E-state index is 12.1. The van der Waals surface area contributed by atoms with Crippen molar-refractivity contribution in [2.45, 2.75) is 26.9 Å². The van der Waals surface area contributed by atoms with Gasteiger partial charge in [0.1, 0.15) is 5.69 Å². The molecule has 0 fully saturated rings. The Balaban J connectivity index is 2.18. The quantitative estimate of drug-likeness (QED) is 0.746. The third kappa shape index (κ3) is 3.25. The fraction of sp³-hybridized carbons (Fsp3) is 0.267. The van der Waals surface area contributed by atoms with Crippen LogP contribution in [-0.2, 0) is 9.53 Å². The first kappa shape index (κ1) is 15.6. The molecule has 7 heteroatoms. The van der Waals surface area contributed by atoms with Crippen molar-refractivity contribution >= 4 is 28.8 Å². The van der Waals surface area contributed by atoms with E-state index in [-0.39, 0.29) is 5.69 Å². The summed E-state index contributed by atoms with van der Waals surface area (Å²) in [5.74, 6) is -1.45. The van der Waals surface area contributed by atoms with Crippen LogP contribution in [0, 0.1) is 13.8 Å². The molecule has 4 N–H and O–H groups in total. The highest BCUT2D eigenvalue weighted by atomic mass is 16.5. The van der Waals surface area contributed by atoms with Gasteiger partial charge >= 0.3 is 12.0 Å². The molecule has 0 spiro atoms. The normalized spacial score (nSPS) is 12.0. The van der Waals surface area contributed by atoms with E-state index in [9.17, 15) is 14.4 Å². The molecule has 1 heterocycles. The highest BCUT2D eigenvalue weighted by molar-refractivity contribution is 5.99. The number of ether oxygens (including phenoxy) is 1. The maximum Gasteiger partial charge on any atom is 0.355 e. The zero-order valence-corrected chi connectivity index (χ0v) is 12.5. The molecule has 0 saturated heterocycles. The van der Waals surface area contributed by atoms with Crippen molar-refractivity contribution in [1.82, 2.24) is 10.3 Å². The fourth-order valence-corrected chi connectivity index (χ4v) is 2.21. The number of primary amides is 1. The van der Waals surface area contributed by atoms with Crippen molar-refractivity contribution in [3.05, 3.63) is 35.0 Å². The van der Waals surface area contributed by atoms with Gasteiger partial charge in [0, 0.05) is 10.9 Å². The minimum Gasteiger partial charge on any atom is -0.448 e. The van der Waals surface area contributed by atoms with Crippen molar-refractivity contribution in [2.24, 2.45) is 5.73 Å². The van der Waals surface area contributed by atoms with Crippen LogP contribution < -0.4 is 11.1 Å². The van der Waals surface area contributed by atoms with Crippen molar-refractivity contribution < 1.29 is 19.1 Å². The largest absolute Gasteiger partial charge is 0.448 e. The van der Waals surface area contributed by atoms with Gasteiger partial charge in [0.05, 0.1) is 0 Å². The zero-order chi connectivity index (χ0) is 16.4. The van der Waals surface area contributed by atoms with E-state index >= 15 is 0 Å². The summed E-state index contributed by atoms with van der Waals surface area (Å²) in [6, 6.07) is 4.60. The van der Waals surface area contributed by atoms with Gasteiger partial charge in [-0.15, -0.1) is 0 Å². The summed E-state index contributed by atoms with van der Waals surface area (Å²) in [6.07, 6.45) is -1.13. The molecule has 116 valence electrons. The van der Waals surface area contributed by atoms with Gasteiger partial charge in [-0.05, 0) is 44.0 Å². The summed E-state index contributed by atoms with van der Waals surface area (Å²) in [4.78, 5) is 37.1. The van der Waals surface area contributed by atoms with Crippen molar-refractivity contribution in [1.29, 1.82) is 0 Å². The van der Waals surface area contributed by atoms with Crippen LogP contribution in [-0.4, -0.2) is 29.0 Å². The average molecular weight is 303 g/mol. The Kier molecular flexibility index (Phi) is 4.16. The van der Waals surface area contributed by atoms with E-state index in [2.05, 4.69) is 4.98 Å². The van der Waals surface area contributed by atoms with Gasteiger partial charge in [-0.3, -0.25) is 10.1 Å². The van der Waals surface area contributed by atoms with Crippen LogP contribution in [0.25, 0.3) is 10.9 Å². The third-order valence-electron chi connectivity index (χ3n) is 3.21. The number of imide groups is 1. The van der Waals surface area contributed by atoms with Gasteiger partial charge in [0.2, 0.25) is 0 Å².